The first-order valence-electron chi connectivity index (χ1n) is 34.4. The Morgan fingerprint density at radius 1 is 0.839 bits per heavy atom. The number of likely N-dealkylation sites (N-methyl/N-ethyl adjacent to an activating group) is 1. The van der Waals surface area contributed by atoms with Crippen LogP contribution in [0.15, 0.2) is 69.2 Å². The highest BCUT2D eigenvalue weighted by atomic mass is 32.1. The topological polar surface area (TPSA) is 478 Å². The summed E-state index contributed by atoms with van der Waals surface area (Å²) in [4.78, 5) is 153. The molecule has 1 aromatic carbocycles. The molecule has 0 radical (unpaired) electrons. The number of fused-ring (bicyclic) bond motifs is 15. The van der Waals surface area contributed by atoms with Gasteiger partial charge < -0.3 is 85.8 Å². The number of aliphatic hydroxyl groups excluding tert-OH is 1. The van der Waals surface area contributed by atoms with E-state index in [0.717, 1.165) is 61.4 Å². The number of benzene rings is 1. The van der Waals surface area contributed by atoms with Gasteiger partial charge in [0.25, 0.3) is 29.5 Å². The number of carbonyl (C=O) groups is 8. The Morgan fingerprint density at radius 2 is 1.47 bits per heavy atom. The lowest BCUT2D eigenvalue weighted by Crippen LogP contribution is -2.62. The molecule has 596 valence electrons. The van der Waals surface area contributed by atoms with E-state index in [4.69, 9.17) is 67.5 Å². The second kappa shape index (κ2) is 32.6. The van der Waals surface area contributed by atoms with Gasteiger partial charge in [0.15, 0.2) is 18.1 Å². The lowest BCUT2D eigenvalue weighted by Gasteiger charge is -2.48. The number of cyclic esters (lactones) is 2. The number of aromatic hydroxyl groups is 1. The van der Waals surface area contributed by atoms with Gasteiger partial charge in [-0.15, -0.1) is 56.7 Å². The van der Waals surface area contributed by atoms with Crippen molar-refractivity contribution in [2.75, 3.05) is 34.6 Å². The molecule has 4 aliphatic heterocycles. The van der Waals surface area contributed by atoms with Crippen LogP contribution in [-0.2, 0) is 74.2 Å². The predicted molar refractivity (Wildman–Crippen MR) is 405 cm³/mol. The molecular formula is C70H79N14O22PS5. The molecule has 0 saturated carbocycles. The van der Waals surface area contributed by atoms with Crippen molar-refractivity contribution in [3.8, 4) is 38.4 Å². The second-order valence-electron chi connectivity index (χ2n) is 28.5. The number of thiazole rings is 5. The molecule has 4 aliphatic rings. The van der Waals surface area contributed by atoms with Gasteiger partial charge >= 0.3 is 19.8 Å². The van der Waals surface area contributed by atoms with Gasteiger partial charge in [-0.3, -0.25) is 37.8 Å². The van der Waals surface area contributed by atoms with Crippen molar-refractivity contribution in [3.05, 3.63) is 124 Å². The number of methoxy groups -OCH3 is 1. The summed E-state index contributed by atoms with van der Waals surface area (Å²) in [5.74, 6) is -8.51. The first-order valence-corrected chi connectivity index (χ1v) is 40.2. The minimum Gasteiger partial charge on any atom is -0.506 e. The number of esters is 2. The van der Waals surface area contributed by atoms with E-state index in [-0.39, 0.29) is 110 Å². The Hall–Kier alpha value is -9.43. The average molecular weight is 1660 g/mol. The molecule has 0 spiro atoms. The molecule has 10 N–H and O–H groups in total. The Balaban J connectivity index is 1.07. The van der Waals surface area contributed by atoms with E-state index in [9.17, 15) is 39.1 Å². The molecular weight excluding hydrogens is 1580 g/mol. The van der Waals surface area contributed by atoms with Crippen LogP contribution in [-0.4, -0.2) is 196 Å². The standard InChI is InChI=1S/C70H79N14O22PS5/c1-29(55(71)87)72-56(88)38-25-111-64(77-38)49-43(86)18-34-48(79-49)37-23-109-62(74-37)36-22-100-66(93)51-35-21-98-52(50(65-78-39(26-112-65)57(89)73-36)82-59(91)41-27-110-63(76-41)47(31(3)97-14)81-60(92)46(30(2)85)80-58(90)40-24-108-61(34)75-40)53(104-44-19-70(11,95)54(83(12)13)32(4)103-44)67(94)99-20-33-16-15-17-42(45(33)35)84(51)101-28-102-107(96,105-68(5,6)7)106-69(8,9)10/h15-18,23-27,30,32,36,44,46,50,52-54,85-86,95H,1,19-22,28H2,2-14H3,(H2,71,87)(H,72,88)(H,73,89)(H,80,90)(H,81,92)(H,82,91)/b47-31+/t30-,32+,36+,44+,46+,50+,52+,53+,54-,70+/m1/s1. The maximum atomic E-state index is 15.9. The van der Waals surface area contributed by atoms with Crippen LogP contribution in [0.1, 0.15) is 166 Å². The van der Waals surface area contributed by atoms with Gasteiger partial charge in [0.2, 0.25) is 12.7 Å². The second-order valence-corrected chi connectivity index (χ2v) is 34.4. The number of phosphoric ester groups is 1. The van der Waals surface area contributed by atoms with Crippen molar-refractivity contribution >= 4 is 128 Å². The third-order valence-electron chi connectivity index (χ3n) is 17.5. The number of ether oxygens (including phenoxy) is 6. The molecule has 0 unspecified atom stereocenters. The molecule has 0 aliphatic carbocycles. The van der Waals surface area contributed by atoms with Crippen molar-refractivity contribution in [1.29, 1.82) is 0 Å². The van der Waals surface area contributed by atoms with Crippen LogP contribution >= 0.6 is 64.5 Å². The summed E-state index contributed by atoms with van der Waals surface area (Å²) in [6.07, 6.45) is -7.87. The van der Waals surface area contributed by atoms with Crippen molar-refractivity contribution < 1.29 is 105 Å². The third kappa shape index (κ3) is 17.8. The van der Waals surface area contributed by atoms with Crippen molar-refractivity contribution in [3.63, 3.8) is 0 Å². The molecule has 36 nitrogen and oxygen atoms in total. The minimum absolute atomic E-state index is 0.00745. The van der Waals surface area contributed by atoms with E-state index in [1.807, 2.05) is 0 Å². The molecule has 6 amide bonds. The zero-order valence-electron chi connectivity index (χ0n) is 62.4. The predicted octanol–water partition coefficient (Wildman–Crippen LogP) is 6.80. The molecule has 8 aromatic rings. The number of primary amides is 1. The number of carbonyl (C=O) groups excluding carboxylic acids is 8. The van der Waals surface area contributed by atoms with Crippen LogP contribution in [0.2, 0.25) is 0 Å². The number of hydrogen-bond acceptors (Lipinski definition) is 34. The highest BCUT2D eigenvalue weighted by Gasteiger charge is 2.51. The lowest BCUT2D eigenvalue weighted by atomic mass is 9.85. The highest BCUT2D eigenvalue weighted by Crippen LogP contribution is 2.55. The monoisotopic (exact) mass is 1660 g/mol. The number of nitrogens with two attached hydrogens (primary N) is 1. The van der Waals surface area contributed by atoms with Crippen LogP contribution < -0.4 is 37.2 Å². The molecule has 10 atom stereocenters. The highest BCUT2D eigenvalue weighted by molar-refractivity contribution is 7.48. The fourth-order valence-electron chi connectivity index (χ4n) is 12.7. The van der Waals surface area contributed by atoms with E-state index in [1.165, 1.54) is 53.9 Å². The van der Waals surface area contributed by atoms with Crippen LogP contribution in [0.3, 0.4) is 0 Å². The van der Waals surface area contributed by atoms with Gasteiger partial charge in [0.1, 0.15) is 120 Å². The molecule has 1 saturated heterocycles. The fraction of sp³-hybridized carbons (Fsp3) is 0.429. The minimum atomic E-state index is -4.58. The zero-order valence-corrected chi connectivity index (χ0v) is 67.4. The molecule has 1 fully saturated rings. The third-order valence-corrected chi connectivity index (χ3v) is 23.9. The number of aliphatic hydroxyl groups is 2. The maximum Gasteiger partial charge on any atom is 0.478 e. The summed E-state index contributed by atoms with van der Waals surface area (Å²) >= 11 is 4.37. The number of nitrogens with zero attached hydrogens (tertiary/aromatic N) is 8. The number of aromatic nitrogens is 7. The van der Waals surface area contributed by atoms with E-state index in [1.54, 1.807) is 92.6 Å². The van der Waals surface area contributed by atoms with Crippen molar-refractivity contribution in [1.82, 2.24) is 66.1 Å². The smallest absolute Gasteiger partial charge is 0.478 e. The number of amides is 6. The lowest BCUT2D eigenvalue weighted by molar-refractivity contribution is -0.280. The largest absolute Gasteiger partial charge is 0.506 e. The average Bonchev–Trinajstić information content (AvgIpc) is 1.58. The summed E-state index contributed by atoms with van der Waals surface area (Å²) in [6.45, 7) is 16.3. The van der Waals surface area contributed by atoms with E-state index < -0.39 is 171 Å². The molecule has 11 heterocycles. The molecule has 42 heteroatoms. The van der Waals surface area contributed by atoms with E-state index in [2.05, 4.69) is 48.1 Å². The molecule has 12 rings (SSSR count). The number of hydrogen-bond donors (Lipinski definition) is 9. The molecule has 12 bridgehead atoms. The Bertz CT molecular complexity index is 5110. The molecule has 112 heavy (non-hydrogen) atoms. The Kier molecular flexibility index (Phi) is 23.9. The normalized spacial score (nSPS) is 23.0. The quantitative estimate of drug-likeness (QED) is 0.0167. The van der Waals surface area contributed by atoms with Crippen LogP contribution in [0.4, 0.5) is 0 Å². The Labute approximate surface area is 658 Å². The van der Waals surface area contributed by atoms with Gasteiger partial charge in [-0.05, 0) is 101 Å². The van der Waals surface area contributed by atoms with Crippen LogP contribution in [0, 0.1) is 0 Å². The maximum absolute atomic E-state index is 15.9. The first kappa shape index (κ1) is 82.0. The van der Waals surface area contributed by atoms with Gasteiger partial charge in [0.05, 0.1) is 60.0 Å². The number of phosphoric acid groups is 1. The number of allylic oxidation sites excluding steroid dienone is 1. The van der Waals surface area contributed by atoms with Gasteiger partial charge in [0, 0.05) is 49.8 Å². The van der Waals surface area contributed by atoms with Crippen molar-refractivity contribution in [2.45, 2.75) is 161 Å². The zero-order chi connectivity index (χ0) is 81.0. The summed E-state index contributed by atoms with van der Waals surface area (Å²) in [5, 5.41) is 55.5. The van der Waals surface area contributed by atoms with E-state index in [0.29, 0.717) is 0 Å². The van der Waals surface area contributed by atoms with Gasteiger partial charge in [-0.1, -0.05) is 18.7 Å². The van der Waals surface area contributed by atoms with Crippen LogP contribution in [0.5, 0.6) is 5.75 Å². The number of rotatable bonds is 15. The van der Waals surface area contributed by atoms with Gasteiger partial charge in [-0.2, -0.15) is 4.73 Å². The summed E-state index contributed by atoms with van der Waals surface area (Å²) in [7, 11) is 0.238. The Morgan fingerprint density at radius 3 is 2.14 bits per heavy atom. The van der Waals surface area contributed by atoms with Crippen molar-refractivity contribution in [2.24, 2.45) is 5.73 Å². The van der Waals surface area contributed by atoms with Crippen LogP contribution in [0.25, 0.3) is 49.3 Å². The van der Waals surface area contributed by atoms with E-state index >= 15 is 19.2 Å². The summed E-state index contributed by atoms with van der Waals surface area (Å²) < 4.78 is 71.9. The summed E-state index contributed by atoms with van der Waals surface area (Å²) in [5.41, 5.74) is -0.463. The fourth-order valence-corrected chi connectivity index (χ4v) is 18.6. The number of nitrogens with one attached hydrogen (secondary N) is 5. The number of pyridine rings is 1. The first-order chi connectivity index (χ1) is 52.8. The SMILES string of the molecule is C=C(NC(=O)c1csc(-c2nc3c(cc2O)-c2nc(cs2)C(=O)N[C@@H]([C@@H](C)O)C(=O)N/C(=C(\C)OC)c2nc(cs2)C(=O)N[C@@H]2c4nc(cs4)C(=O)N[C@@H](COC(=O)c4c5c6c(cccc6n4OCOP(=O)(OC(C)(C)C)OC(C)(C)C)COC(=O)[C@@H](O[C@H]4C[C@](C)(O)[C@H](N(C)C)[C@H](C)O4)[C@H]2OC5)c2nc-3cs2)n1)C(N)=O. The summed E-state index contributed by atoms with van der Waals surface area (Å²) in [6, 6.07) is 0.482. The van der Waals surface area contributed by atoms with Gasteiger partial charge in [-0.25, -0.2) is 48.6 Å². The molecule has 7 aromatic heterocycles.